The van der Waals surface area contributed by atoms with Gasteiger partial charge in [0, 0.05) is 0 Å². The smallest absolute Gasteiger partial charge is 0.349 e. The lowest BCUT2D eigenvalue weighted by Crippen LogP contribution is -2.20. The van der Waals surface area contributed by atoms with Crippen LogP contribution in [0.1, 0.15) is 35.7 Å². The van der Waals surface area contributed by atoms with Gasteiger partial charge < -0.3 is 18.9 Å². The number of rotatable bonds is 10. The van der Waals surface area contributed by atoms with Gasteiger partial charge in [-0.25, -0.2) is 9.59 Å². The van der Waals surface area contributed by atoms with Crippen LogP contribution >= 0.6 is 0 Å². The highest BCUT2D eigenvalue weighted by molar-refractivity contribution is 5.93. The van der Waals surface area contributed by atoms with E-state index in [9.17, 15) is 9.59 Å². The Morgan fingerprint density at radius 3 is 2.12 bits per heavy atom. The first-order chi connectivity index (χ1) is 15.5. The van der Waals surface area contributed by atoms with Gasteiger partial charge in [-0.05, 0) is 47.9 Å². The maximum absolute atomic E-state index is 12.4. The number of para-hydroxylation sites is 2. The molecule has 0 saturated heterocycles. The number of hydrogen-bond acceptors (Lipinski definition) is 6. The maximum Gasteiger partial charge on any atom is 0.349 e. The van der Waals surface area contributed by atoms with E-state index in [1.807, 2.05) is 54.6 Å². The molecule has 0 aromatic heterocycles. The standard InChI is InChI=1S/C26H26O6/c1-19(2)20-12-14-22(15-13-20)31-18-25(27)32-24-11-7-6-10-23(24)26(28)30-17-16-29-21-8-4-3-5-9-21/h3-15,19H,16-18H2,1-2H3. The topological polar surface area (TPSA) is 71.1 Å². The molecule has 0 N–H and O–H groups in total. The molecule has 6 nitrogen and oxygen atoms in total. The molecule has 0 aliphatic heterocycles. The average molecular weight is 434 g/mol. The monoisotopic (exact) mass is 434 g/mol. The molecule has 0 bridgehead atoms. The highest BCUT2D eigenvalue weighted by Gasteiger charge is 2.17. The number of ether oxygens (including phenoxy) is 4. The summed E-state index contributed by atoms with van der Waals surface area (Å²) in [4.78, 5) is 24.7. The summed E-state index contributed by atoms with van der Waals surface area (Å²) in [5.74, 6) is 0.565. The Morgan fingerprint density at radius 2 is 1.41 bits per heavy atom. The zero-order chi connectivity index (χ0) is 22.8. The normalized spacial score (nSPS) is 10.5. The number of hydrogen-bond donors (Lipinski definition) is 0. The van der Waals surface area contributed by atoms with Crippen molar-refractivity contribution in [3.63, 3.8) is 0 Å². The molecule has 166 valence electrons. The number of esters is 2. The van der Waals surface area contributed by atoms with E-state index in [1.165, 1.54) is 17.7 Å². The van der Waals surface area contributed by atoms with Crippen LogP contribution in [0.4, 0.5) is 0 Å². The van der Waals surface area contributed by atoms with E-state index in [0.29, 0.717) is 17.4 Å². The van der Waals surface area contributed by atoms with Crippen LogP contribution < -0.4 is 14.2 Å². The summed E-state index contributed by atoms with van der Waals surface area (Å²) in [6.07, 6.45) is 0. The predicted octanol–water partition coefficient (Wildman–Crippen LogP) is 5.03. The van der Waals surface area contributed by atoms with Crippen LogP contribution in [-0.2, 0) is 9.53 Å². The molecule has 0 atom stereocenters. The van der Waals surface area contributed by atoms with E-state index in [-0.39, 0.29) is 31.1 Å². The summed E-state index contributed by atoms with van der Waals surface area (Å²) in [5.41, 5.74) is 1.34. The molecule has 0 saturated carbocycles. The maximum atomic E-state index is 12.4. The lowest BCUT2D eigenvalue weighted by Gasteiger charge is -2.11. The molecule has 0 spiro atoms. The highest BCUT2D eigenvalue weighted by atomic mass is 16.6. The molecular weight excluding hydrogens is 408 g/mol. The zero-order valence-corrected chi connectivity index (χ0v) is 18.2. The molecule has 0 aliphatic rings. The molecule has 0 amide bonds. The molecule has 0 radical (unpaired) electrons. The molecule has 3 aromatic carbocycles. The van der Waals surface area contributed by atoms with Crippen molar-refractivity contribution in [1.82, 2.24) is 0 Å². The van der Waals surface area contributed by atoms with Gasteiger partial charge in [0.2, 0.25) is 0 Å². The molecule has 0 aliphatic carbocycles. The summed E-state index contributed by atoms with van der Waals surface area (Å²) < 4.78 is 21.6. The Balaban J connectivity index is 1.49. The lowest BCUT2D eigenvalue weighted by molar-refractivity contribution is -0.136. The Labute approximate surface area is 187 Å². The van der Waals surface area contributed by atoms with E-state index in [2.05, 4.69) is 13.8 Å². The third-order valence-electron chi connectivity index (χ3n) is 4.56. The molecular formula is C26H26O6. The quantitative estimate of drug-likeness (QED) is 0.253. The minimum atomic E-state index is -0.620. The van der Waals surface area contributed by atoms with Gasteiger partial charge in [0.05, 0.1) is 0 Å². The minimum Gasteiger partial charge on any atom is -0.490 e. The van der Waals surface area contributed by atoms with Crippen molar-refractivity contribution in [2.45, 2.75) is 19.8 Å². The number of carbonyl (C=O) groups excluding carboxylic acids is 2. The molecule has 0 unspecified atom stereocenters. The number of carbonyl (C=O) groups is 2. The van der Waals surface area contributed by atoms with Crippen molar-refractivity contribution in [3.8, 4) is 17.2 Å². The predicted molar refractivity (Wildman–Crippen MR) is 120 cm³/mol. The van der Waals surface area contributed by atoms with Gasteiger partial charge in [-0.15, -0.1) is 0 Å². The number of benzene rings is 3. The molecule has 3 rings (SSSR count). The molecule has 32 heavy (non-hydrogen) atoms. The van der Waals surface area contributed by atoms with Gasteiger partial charge in [-0.1, -0.05) is 56.3 Å². The molecule has 0 heterocycles. The molecule has 6 heteroatoms. The third kappa shape index (κ3) is 6.87. The second-order valence-corrected chi connectivity index (χ2v) is 7.28. The van der Waals surface area contributed by atoms with Crippen LogP contribution in [0.3, 0.4) is 0 Å². The van der Waals surface area contributed by atoms with Gasteiger partial charge in [0.1, 0.15) is 36.0 Å². The summed E-state index contributed by atoms with van der Waals surface area (Å²) in [5, 5.41) is 0. The van der Waals surface area contributed by atoms with Crippen LogP contribution in [-0.4, -0.2) is 31.8 Å². The molecule has 3 aromatic rings. The fourth-order valence-corrected chi connectivity index (χ4v) is 2.86. The highest BCUT2D eigenvalue weighted by Crippen LogP contribution is 2.21. The second-order valence-electron chi connectivity index (χ2n) is 7.28. The summed E-state index contributed by atoms with van der Waals surface area (Å²) in [6, 6.07) is 23.2. The van der Waals surface area contributed by atoms with Crippen LogP contribution in [0.5, 0.6) is 17.2 Å². The van der Waals surface area contributed by atoms with Crippen molar-refractivity contribution >= 4 is 11.9 Å². The average Bonchev–Trinajstić information content (AvgIpc) is 2.81. The fraction of sp³-hybridized carbons (Fsp3) is 0.231. The lowest BCUT2D eigenvalue weighted by atomic mass is 10.0. The molecule has 0 fully saturated rings. The van der Waals surface area contributed by atoms with E-state index in [1.54, 1.807) is 12.1 Å². The van der Waals surface area contributed by atoms with E-state index >= 15 is 0 Å². The first-order valence-electron chi connectivity index (χ1n) is 10.4. The second kappa shape index (κ2) is 11.6. The van der Waals surface area contributed by atoms with Gasteiger partial charge >= 0.3 is 11.9 Å². The largest absolute Gasteiger partial charge is 0.490 e. The zero-order valence-electron chi connectivity index (χ0n) is 18.2. The Hall–Kier alpha value is -3.80. The van der Waals surface area contributed by atoms with Crippen LogP contribution in [0.25, 0.3) is 0 Å². The van der Waals surface area contributed by atoms with Crippen molar-refractivity contribution in [1.29, 1.82) is 0 Å². The van der Waals surface area contributed by atoms with Gasteiger partial charge in [0.15, 0.2) is 6.61 Å². The Morgan fingerprint density at radius 1 is 0.750 bits per heavy atom. The fourth-order valence-electron chi connectivity index (χ4n) is 2.86. The first-order valence-corrected chi connectivity index (χ1v) is 10.4. The first kappa shape index (κ1) is 22.9. The summed E-state index contributed by atoms with van der Waals surface area (Å²) in [6.45, 7) is 4.19. The SMILES string of the molecule is CC(C)c1ccc(OCC(=O)Oc2ccccc2C(=O)OCCOc2ccccc2)cc1. The van der Waals surface area contributed by atoms with Crippen molar-refractivity contribution in [2.24, 2.45) is 0 Å². The third-order valence-corrected chi connectivity index (χ3v) is 4.56. The van der Waals surface area contributed by atoms with Crippen LogP contribution in [0.2, 0.25) is 0 Å². The van der Waals surface area contributed by atoms with E-state index in [0.717, 1.165) is 0 Å². The van der Waals surface area contributed by atoms with Crippen LogP contribution in [0, 0.1) is 0 Å². The van der Waals surface area contributed by atoms with E-state index < -0.39 is 11.9 Å². The van der Waals surface area contributed by atoms with Crippen molar-refractivity contribution in [2.75, 3.05) is 19.8 Å². The van der Waals surface area contributed by atoms with Crippen molar-refractivity contribution in [3.05, 3.63) is 90.0 Å². The van der Waals surface area contributed by atoms with Gasteiger partial charge in [-0.2, -0.15) is 0 Å². The Kier molecular flexibility index (Phi) is 8.26. The summed E-state index contributed by atoms with van der Waals surface area (Å²) >= 11 is 0. The van der Waals surface area contributed by atoms with Gasteiger partial charge in [-0.3, -0.25) is 0 Å². The van der Waals surface area contributed by atoms with Crippen LogP contribution in [0.15, 0.2) is 78.9 Å². The van der Waals surface area contributed by atoms with E-state index in [4.69, 9.17) is 18.9 Å². The summed E-state index contributed by atoms with van der Waals surface area (Å²) in [7, 11) is 0. The van der Waals surface area contributed by atoms with Gasteiger partial charge in [0.25, 0.3) is 0 Å². The Bertz CT molecular complexity index is 1010. The van der Waals surface area contributed by atoms with Crippen molar-refractivity contribution < 1.29 is 28.5 Å². The minimum absolute atomic E-state index is 0.0610.